The van der Waals surface area contributed by atoms with Crippen molar-refractivity contribution in [2.45, 2.75) is 6.92 Å². The minimum absolute atomic E-state index is 0.129. The summed E-state index contributed by atoms with van der Waals surface area (Å²) in [5.74, 6) is -0.734. The highest BCUT2D eigenvalue weighted by Crippen LogP contribution is 2.28. The van der Waals surface area contributed by atoms with E-state index in [0.717, 1.165) is 0 Å². The monoisotopic (exact) mass is 223 g/mol. The SMILES string of the molecule is COc1c(NCC(=O)O)cccc1C(C)=O. The fourth-order valence-corrected chi connectivity index (χ4v) is 1.34. The van der Waals surface area contributed by atoms with Crippen molar-refractivity contribution < 1.29 is 19.4 Å². The van der Waals surface area contributed by atoms with Crippen molar-refractivity contribution in [2.75, 3.05) is 19.0 Å². The summed E-state index contributed by atoms with van der Waals surface area (Å²) in [4.78, 5) is 21.7. The number of carbonyl (C=O) groups excluding carboxylic acids is 1. The van der Waals surface area contributed by atoms with Crippen molar-refractivity contribution in [3.05, 3.63) is 23.8 Å². The van der Waals surface area contributed by atoms with Gasteiger partial charge in [0.1, 0.15) is 6.54 Å². The number of nitrogens with one attached hydrogen (secondary N) is 1. The molecule has 0 aliphatic heterocycles. The molecule has 0 amide bonds. The molecule has 0 unspecified atom stereocenters. The van der Waals surface area contributed by atoms with E-state index in [4.69, 9.17) is 9.84 Å². The van der Waals surface area contributed by atoms with E-state index in [-0.39, 0.29) is 12.3 Å². The van der Waals surface area contributed by atoms with Crippen LogP contribution < -0.4 is 10.1 Å². The van der Waals surface area contributed by atoms with Crippen LogP contribution in [-0.4, -0.2) is 30.5 Å². The van der Waals surface area contributed by atoms with Gasteiger partial charge in [-0.05, 0) is 19.1 Å². The van der Waals surface area contributed by atoms with Gasteiger partial charge in [-0.2, -0.15) is 0 Å². The Morgan fingerprint density at radius 1 is 1.44 bits per heavy atom. The minimum atomic E-state index is -0.977. The molecular formula is C11H13NO4. The first-order chi connectivity index (χ1) is 7.56. The van der Waals surface area contributed by atoms with Crippen LogP contribution in [0.15, 0.2) is 18.2 Å². The standard InChI is InChI=1S/C11H13NO4/c1-7(13)8-4-3-5-9(11(8)16-2)12-6-10(14)15/h3-5,12H,6H2,1-2H3,(H,14,15). The van der Waals surface area contributed by atoms with Gasteiger partial charge in [-0.25, -0.2) is 0 Å². The number of methoxy groups -OCH3 is 1. The summed E-state index contributed by atoms with van der Waals surface area (Å²) >= 11 is 0. The number of anilines is 1. The number of carbonyl (C=O) groups is 2. The maximum atomic E-state index is 11.3. The lowest BCUT2D eigenvalue weighted by atomic mass is 10.1. The number of rotatable bonds is 5. The van der Waals surface area contributed by atoms with E-state index in [1.54, 1.807) is 18.2 Å². The van der Waals surface area contributed by atoms with Gasteiger partial charge in [-0.15, -0.1) is 0 Å². The molecule has 5 heteroatoms. The second-order valence-electron chi connectivity index (χ2n) is 3.19. The summed E-state index contributed by atoms with van der Waals surface area (Å²) in [5, 5.41) is 11.2. The van der Waals surface area contributed by atoms with Crippen LogP contribution in [0.2, 0.25) is 0 Å². The highest BCUT2D eigenvalue weighted by molar-refractivity contribution is 5.98. The summed E-state index contributed by atoms with van der Waals surface area (Å²) in [6.07, 6.45) is 0. The number of carboxylic acid groups (broad SMARTS) is 1. The van der Waals surface area contributed by atoms with Crippen LogP contribution in [0.25, 0.3) is 0 Å². The third-order valence-electron chi connectivity index (χ3n) is 2.03. The fourth-order valence-electron chi connectivity index (χ4n) is 1.34. The maximum absolute atomic E-state index is 11.3. The predicted octanol–water partition coefficient (Wildman–Crippen LogP) is 1.39. The van der Waals surface area contributed by atoms with Gasteiger partial charge >= 0.3 is 5.97 Å². The topological polar surface area (TPSA) is 75.6 Å². The molecule has 1 rings (SSSR count). The Hall–Kier alpha value is -2.04. The smallest absolute Gasteiger partial charge is 0.322 e. The summed E-state index contributed by atoms with van der Waals surface area (Å²) < 4.78 is 5.09. The number of para-hydroxylation sites is 1. The Morgan fingerprint density at radius 3 is 2.62 bits per heavy atom. The van der Waals surface area contributed by atoms with Crippen molar-refractivity contribution in [1.29, 1.82) is 0 Å². The zero-order valence-corrected chi connectivity index (χ0v) is 9.11. The molecule has 86 valence electrons. The third kappa shape index (κ3) is 2.73. The molecule has 1 aromatic rings. The van der Waals surface area contributed by atoms with E-state index in [1.165, 1.54) is 14.0 Å². The van der Waals surface area contributed by atoms with Crippen LogP contribution >= 0.6 is 0 Å². The average Bonchev–Trinajstić information content (AvgIpc) is 2.25. The minimum Gasteiger partial charge on any atom is -0.494 e. The van der Waals surface area contributed by atoms with E-state index in [1.807, 2.05) is 0 Å². The van der Waals surface area contributed by atoms with Crippen LogP contribution in [0.3, 0.4) is 0 Å². The fraction of sp³-hybridized carbons (Fsp3) is 0.273. The van der Waals surface area contributed by atoms with Crippen LogP contribution in [-0.2, 0) is 4.79 Å². The number of benzene rings is 1. The van der Waals surface area contributed by atoms with Crippen molar-refractivity contribution in [3.63, 3.8) is 0 Å². The first-order valence-electron chi connectivity index (χ1n) is 4.70. The molecule has 0 heterocycles. The number of Topliss-reactive ketones (excluding diaryl/α,β-unsaturated/α-hetero) is 1. The molecule has 0 aliphatic carbocycles. The number of aliphatic carboxylic acids is 1. The van der Waals surface area contributed by atoms with Gasteiger partial charge in [0.2, 0.25) is 0 Å². The molecule has 0 atom stereocenters. The number of ether oxygens (including phenoxy) is 1. The largest absolute Gasteiger partial charge is 0.494 e. The third-order valence-corrected chi connectivity index (χ3v) is 2.03. The highest BCUT2D eigenvalue weighted by Gasteiger charge is 2.12. The highest BCUT2D eigenvalue weighted by atomic mass is 16.5. The quantitative estimate of drug-likeness (QED) is 0.738. The molecule has 16 heavy (non-hydrogen) atoms. The summed E-state index contributed by atoms with van der Waals surface area (Å²) in [7, 11) is 1.44. The van der Waals surface area contributed by atoms with Crippen molar-refractivity contribution >= 4 is 17.4 Å². The molecule has 0 aromatic heterocycles. The average molecular weight is 223 g/mol. The van der Waals surface area contributed by atoms with Gasteiger partial charge in [-0.1, -0.05) is 6.07 Å². The van der Waals surface area contributed by atoms with Gasteiger partial charge in [0, 0.05) is 0 Å². The number of carboxylic acids is 1. The van der Waals surface area contributed by atoms with E-state index >= 15 is 0 Å². The van der Waals surface area contributed by atoms with Crippen LogP contribution in [0.4, 0.5) is 5.69 Å². The summed E-state index contributed by atoms with van der Waals surface area (Å²) in [6, 6.07) is 4.96. The Morgan fingerprint density at radius 2 is 2.12 bits per heavy atom. The Kier molecular flexibility index (Phi) is 3.88. The van der Waals surface area contributed by atoms with Crippen molar-refractivity contribution in [1.82, 2.24) is 0 Å². The number of hydrogen-bond acceptors (Lipinski definition) is 4. The van der Waals surface area contributed by atoms with Gasteiger partial charge < -0.3 is 15.2 Å². The lowest BCUT2D eigenvalue weighted by Gasteiger charge is -2.12. The molecule has 0 radical (unpaired) electrons. The second kappa shape index (κ2) is 5.16. The van der Waals surface area contributed by atoms with Gasteiger partial charge in [0.25, 0.3) is 0 Å². The van der Waals surface area contributed by atoms with Gasteiger partial charge in [0.05, 0.1) is 18.4 Å². The number of ketones is 1. The molecule has 1 aromatic carbocycles. The van der Waals surface area contributed by atoms with Crippen LogP contribution in [0, 0.1) is 0 Å². The Bertz CT molecular complexity index is 414. The lowest BCUT2D eigenvalue weighted by molar-refractivity contribution is -0.134. The Balaban J connectivity index is 3.04. The van der Waals surface area contributed by atoms with Crippen LogP contribution in [0.5, 0.6) is 5.75 Å². The molecule has 0 fully saturated rings. The Labute approximate surface area is 93.0 Å². The molecule has 5 nitrogen and oxygen atoms in total. The van der Waals surface area contributed by atoms with Crippen molar-refractivity contribution in [2.24, 2.45) is 0 Å². The molecule has 0 saturated heterocycles. The van der Waals surface area contributed by atoms with E-state index in [9.17, 15) is 9.59 Å². The second-order valence-corrected chi connectivity index (χ2v) is 3.19. The van der Waals surface area contributed by atoms with E-state index in [0.29, 0.717) is 17.0 Å². The number of hydrogen-bond donors (Lipinski definition) is 2. The molecular weight excluding hydrogens is 210 g/mol. The van der Waals surface area contributed by atoms with Gasteiger partial charge in [0.15, 0.2) is 11.5 Å². The normalized spacial score (nSPS) is 9.62. The zero-order valence-electron chi connectivity index (χ0n) is 9.11. The molecule has 0 saturated carbocycles. The molecule has 2 N–H and O–H groups in total. The predicted molar refractivity (Wildman–Crippen MR) is 59.1 cm³/mol. The molecule has 0 spiro atoms. The van der Waals surface area contributed by atoms with Crippen molar-refractivity contribution in [3.8, 4) is 5.75 Å². The summed E-state index contributed by atoms with van der Waals surface area (Å²) in [5.41, 5.74) is 0.926. The first kappa shape index (κ1) is 12.0. The lowest BCUT2D eigenvalue weighted by Crippen LogP contribution is -2.13. The molecule has 0 aliphatic rings. The van der Waals surface area contributed by atoms with E-state index < -0.39 is 5.97 Å². The van der Waals surface area contributed by atoms with Crippen LogP contribution in [0.1, 0.15) is 17.3 Å². The maximum Gasteiger partial charge on any atom is 0.322 e. The first-order valence-corrected chi connectivity index (χ1v) is 4.70. The molecule has 0 bridgehead atoms. The van der Waals surface area contributed by atoms with E-state index in [2.05, 4.69) is 5.32 Å². The van der Waals surface area contributed by atoms with Gasteiger partial charge in [-0.3, -0.25) is 9.59 Å². The summed E-state index contributed by atoms with van der Waals surface area (Å²) in [6.45, 7) is 1.20. The zero-order chi connectivity index (χ0) is 12.1.